The van der Waals surface area contributed by atoms with Crippen LogP contribution in [0.25, 0.3) is 161 Å². The van der Waals surface area contributed by atoms with Gasteiger partial charge in [0.15, 0.2) is 5.82 Å². The molecule has 18 rings (SSSR count). The van der Waals surface area contributed by atoms with Crippen LogP contribution in [-0.4, -0.2) is 28.7 Å². The highest BCUT2D eigenvalue weighted by atomic mass is 15.1. The normalized spacial score (nSPS) is 11.5. The fourth-order valence-electron chi connectivity index (χ4n) is 14.1. The fourth-order valence-corrected chi connectivity index (χ4v) is 14.1. The average Bonchev–Trinajstić information content (AvgIpc) is 1.68. The van der Waals surface area contributed by atoms with Gasteiger partial charge >= 0.3 is 0 Å². The van der Waals surface area contributed by atoms with Crippen molar-refractivity contribution in [2.45, 2.75) is 13.3 Å². The minimum absolute atomic E-state index is 0.697. The Morgan fingerprint density at radius 2 is 0.581 bits per heavy atom. The van der Waals surface area contributed by atoms with Crippen molar-refractivity contribution < 1.29 is 0 Å². The summed E-state index contributed by atoms with van der Waals surface area (Å²) in [7, 11) is 0. The molecule has 18 aromatic rings. The second-order valence-corrected chi connectivity index (χ2v) is 23.7. The van der Waals surface area contributed by atoms with Gasteiger partial charge in [0.2, 0.25) is 0 Å². The molecule has 4 aromatic heterocycles. The number of hydrogen-bond donors (Lipinski definition) is 0. The van der Waals surface area contributed by atoms with E-state index in [1.165, 1.54) is 76.5 Å². The average molecular weight is 1190 g/mol. The summed E-state index contributed by atoms with van der Waals surface area (Å²) < 4.78 is 7.07. The highest BCUT2D eigenvalue weighted by Gasteiger charge is 2.21. The molecule has 0 aliphatic carbocycles. The molecule has 0 saturated carbocycles. The lowest BCUT2D eigenvalue weighted by Crippen LogP contribution is -2.01. The molecule has 0 N–H and O–H groups in total. The maximum atomic E-state index is 5.26. The van der Waals surface area contributed by atoms with Gasteiger partial charge in [-0.25, -0.2) is 15.0 Å². The van der Waals surface area contributed by atoms with Crippen LogP contribution in [0.4, 0.5) is 0 Å². The smallest absolute Gasteiger partial charge is 0.160 e. The van der Waals surface area contributed by atoms with Gasteiger partial charge in [-0.1, -0.05) is 268 Å². The van der Waals surface area contributed by atoms with Crippen LogP contribution >= 0.6 is 0 Å². The molecule has 438 valence electrons. The molecule has 0 spiro atoms. The monoisotopic (exact) mass is 1190 g/mol. The molecular formula is C87H60N6. The Hall–Kier alpha value is -12.3. The number of hydrogen-bond acceptors (Lipinski definition) is 3. The van der Waals surface area contributed by atoms with E-state index >= 15 is 0 Å². The van der Waals surface area contributed by atoms with Crippen molar-refractivity contribution in [1.29, 1.82) is 0 Å². The molecule has 6 nitrogen and oxygen atoms in total. The molecule has 6 heteroatoms. The molecule has 14 aromatic carbocycles. The second-order valence-electron chi connectivity index (χ2n) is 23.7. The number of imidazole rings is 1. The highest BCUT2D eigenvalue weighted by Crippen LogP contribution is 2.45. The zero-order chi connectivity index (χ0) is 61.8. The molecule has 0 amide bonds. The van der Waals surface area contributed by atoms with Gasteiger partial charge in [-0.05, 0) is 128 Å². The first-order valence-electron chi connectivity index (χ1n) is 31.9. The minimum Gasteiger partial charge on any atom is -0.309 e. The molecule has 4 heterocycles. The first-order valence-corrected chi connectivity index (χ1v) is 31.9. The first kappa shape index (κ1) is 54.9. The van der Waals surface area contributed by atoms with Gasteiger partial charge in [-0.2, -0.15) is 0 Å². The lowest BCUT2D eigenvalue weighted by molar-refractivity contribution is 0.908. The summed E-state index contributed by atoms with van der Waals surface area (Å²) in [6.45, 7) is 2.17. The van der Waals surface area contributed by atoms with Crippen molar-refractivity contribution in [2.24, 2.45) is 0 Å². The van der Waals surface area contributed by atoms with Crippen LogP contribution in [0.2, 0.25) is 0 Å². The van der Waals surface area contributed by atoms with Gasteiger partial charge < -0.3 is 9.13 Å². The van der Waals surface area contributed by atoms with Crippen molar-refractivity contribution in [3.05, 3.63) is 339 Å². The SMILES string of the molecule is CCc1nc2ccccc2n1-c1ccc(-c2c3ccccc3c(-c3ccc(-c4ccccc4)cc3)c3ccccc23)cc1.c1ccc(-c2cc(-c3cc(-n4c5ccccc5c5ccccc54)cc(-n4c5ccccc5c5ccccc54)c3)nc(-c3ccccc3)n2)cc1. The number of benzene rings is 14. The number of aryl methyl sites for hydroxylation is 1. The van der Waals surface area contributed by atoms with E-state index < -0.39 is 0 Å². The molecule has 0 aliphatic heterocycles. The predicted molar refractivity (Wildman–Crippen MR) is 389 cm³/mol. The molecular weight excluding hydrogens is 1130 g/mol. The Bertz CT molecular complexity index is 5470. The van der Waals surface area contributed by atoms with E-state index in [-0.39, 0.29) is 0 Å². The molecule has 0 bridgehead atoms. The molecule has 93 heavy (non-hydrogen) atoms. The van der Waals surface area contributed by atoms with Crippen molar-refractivity contribution in [3.8, 4) is 84.3 Å². The zero-order valence-electron chi connectivity index (χ0n) is 51.1. The van der Waals surface area contributed by atoms with Crippen LogP contribution in [0, 0.1) is 0 Å². The van der Waals surface area contributed by atoms with Crippen molar-refractivity contribution in [2.75, 3.05) is 0 Å². The maximum absolute atomic E-state index is 5.26. The second kappa shape index (κ2) is 23.3. The third-order valence-electron chi connectivity index (χ3n) is 18.3. The number of fused-ring (bicyclic) bond motifs is 9. The Labute approximate surface area is 538 Å². The largest absolute Gasteiger partial charge is 0.309 e. The summed E-state index contributed by atoms with van der Waals surface area (Å²) in [5.41, 5.74) is 22.4. The predicted octanol–water partition coefficient (Wildman–Crippen LogP) is 22.6. The van der Waals surface area contributed by atoms with Crippen molar-refractivity contribution in [1.82, 2.24) is 28.7 Å². The van der Waals surface area contributed by atoms with Gasteiger partial charge in [0.1, 0.15) is 5.82 Å². The number of aromatic nitrogens is 6. The number of para-hydroxylation sites is 6. The Kier molecular flexibility index (Phi) is 13.7. The van der Waals surface area contributed by atoms with Gasteiger partial charge in [0, 0.05) is 61.7 Å². The van der Waals surface area contributed by atoms with Crippen LogP contribution < -0.4 is 0 Å². The van der Waals surface area contributed by atoms with Crippen LogP contribution in [0.3, 0.4) is 0 Å². The molecule has 0 radical (unpaired) electrons. The topological polar surface area (TPSA) is 53.5 Å². The van der Waals surface area contributed by atoms with Crippen molar-refractivity contribution in [3.63, 3.8) is 0 Å². The molecule has 0 saturated heterocycles. The highest BCUT2D eigenvalue weighted by molar-refractivity contribution is 6.21. The summed E-state index contributed by atoms with van der Waals surface area (Å²) in [6.07, 6.45) is 0.875. The quantitative estimate of drug-likeness (QED) is 0.128. The summed E-state index contributed by atoms with van der Waals surface area (Å²) >= 11 is 0. The Morgan fingerprint density at radius 3 is 1.03 bits per heavy atom. The summed E-state index contributed by atoms with van der Waals surface area (Å²) in [4.78, 5) is 15.2. The summed E-state index contributed by atoms with van der Waals surface area (Å²) in [6, 6.07) is 119. The van der Waals surface area contributed by atoms with Gasteiger partial charge in [0.25, 0.3) is 0 Å². The summed E-state index contributed by atoms with van der Waals surface area (Å²) in [5.74, 6) is 1.77. The third-order valence-corrected chi connectivity index (χ3v) is 18.3. The standard InChI is InChI=1S/C46H30N4.C41H30N2/c1-3-15-31(16-4-1)40-30-41(48-46(47-40)32-17-5-2-6-18-32)33-27-34(49-42-23-11-7-19-36(42)37-20-8-12-24-43(37)49)29-35(28-33)50-44-25-13-9-21-38(44)39-22-10-14-26-45(39)50;1-2-39-42-37-18-10-11-19-38(37)43(39)32-26-24-31(25-27-32)41-35-16-8-6-14-33(35)40(34-15-7-9-17-36(34)41)30-22-20-29(21-23-30)28-12-4-3-5-13-28/h1-30H;3-27H,2H2,1H3. The lowest BCUT2D eigenvalue weighted by Gasteiger charge is -2.18. The first-order chi connectivity index (χ1) is 46.1. The maximum Gasteiger partial charge on any atom is 0.160 e. The van der Waals surface area contributed by atoms with E-state index in [1.807, 2.05) is 24.3 Å². The summed E-state index contributed by atoms with van der Waals surface area (Å²) in [5, 5.41) is 9.97. The van der Waals surface area contributed by atoms with Crippen LogP contribution in [0.15, 0.2) is 334 Å². The van der Waals surface area contributed by atoms with Gasteiger partial charge in [0.05, 0.1) is 44.5 Å². The zero-order valence-corrected chi connectivity index (χ0v) is 51.1. The molecule has 0 unspecified atom stereocenters. The Balaban J connectivity index is 0.000000144. The van der Waals surface area contributed by atoms with E-state index in [0.717, 1.165) is 90.5 Å². The van der Waals surface area contributed by atoms with E-state index in [0.29, 0.717) is 5.82 Å². The molecule has 0 atom stereocenters. The van der Waals surface area contributed by atoms with E-state index in [9.17, 15) is 0 Å². The lowest BCUT2D eigenvalue weighted by atomic mass is 9.85. The third kappa shape index (κ3) is 9.72. The van der Waals surface area contributed by atoms with Crippen LogP contribution in [0.1, 0.15) is 12.7 Å². The van der Waals surface area contributed by atoms with E-state index in [1.54, 1.807) is 0 Å². The van der Waals surface area contributed by atoms with E-state index in [4.69, 9.17) is 15.0 Å². The van der Waals surface area contributed by atoms with Crippen LogP contribution in [0.5, 0.6) is 0 Å². The minimum atomic E-state index is 0.697. The van der Waals surface area contributed by atoms with E-state index in [2.05, 4.69) is 330 Å². The van der Waals surface area contributed by atoms with Crippen molar-refractivity contribution >= 4 is 76.2 Å². The van der Waals surface area contributed by atoms with Gasteiger partial charge in [-0.3, -0.25) is 4.57 Å². The van der Waals surface area contributed by atoms with Gasteiger partial charge in [-0.15, -0.1) is 0 Å². The molecule has 0 fully saturated rings. The number of nitrogens with zero attached hydrogens (tertiary/aromatic N) is 6. The Morgan fingerprint density at radius 1 is 0.237 bits per heavy atom. The number of rotatable bonds is 10. The molecule has 0 aliphatic rings. The van der Waals surface area contributed by atoms with Crippen LogP contribution in [-0.2, 0) is 6.42 Å². The fraction of sp³-hybridized carbons (Fsp3) is 0.0230.